The SMILES string of the molecule is C[C@H](NC(=O)COC(=O)c1cccc(S(=O)(=O)NC(C)(C)C)c1)c1ccccc1. The van der Waals surface area contributed by atoms with E-state index in [0.29, 0.717) is 0 Å². The molecule has 0 saturated heterocycles. The Kier molecular flexibility index (Phi) is 7.16. The number of amides is 1. The molecule has 0 unspecified atom stereocenters. The van der Waals surface area contributed by atoms with E-state index >= 15 is 0 Å². The molecule has 0 aliphatic carbocycles. The van der Waals surface area contributed by atoms with Crippen molar-refractivity contribution in [3.63, 3.8) is 0 Å². The fourth-order valence-electron chi connectivity index (χ4n) is 2.57. The molecule has 0 radical (unpaired) electrons. The molecule has 29 heavy (non-hydrogen) atoms. The first kappa shape index (κ1) is 22.6. The minimum atomic E-state index is -3.79. The Morgan fingerprint density at radius 3 is 2.31 bits per heavy atom. The monoisotopic (exact) mass is 418 g/mol. The molecule has 0 heterocycles. The summed E-state index contributed by atoms with van der Waals surface area (Å²) in [4.78, 5) is 24.3. The first-order chi connectivity index (χ1) is 13.5. The summed E-state index contributed by atoms with van der Waals surface area (Å²) in [6, 6.07) is 14.6. The van der Waals surface area contributed by atoms with Gasteiger partial charge in [0.05, 0.1) is 16.5 Å². The fourth-order valence-corrected chi connectivity index (χ4v) is 4.04. The van der Waals surface area contributed by atoms with Gasteiger partial charge in [-0.3, -0.25) is 4.79 Å². The van der Waals surface area contributed by atoms with Gasteiger partial charge in [-0.05, 0) is 51.5 Å². The van der Waals surface area contributed by atoms with Gasteiger partial charge >= 0.3 is 5.97 Å². The van der Waals surface area contributed by atoms with Gasteiger partial charge in [-0.2, -0.15) is 0 Å². The van der Waals surface area contributed by atoms with E-state index in [1.807, 2.05) is 37.3 Å². The third kappa shape index (κ3) is 6.99. The van der Waals surface area contributed by atoms with Gasteiger partial charge in [0.1, 0.15) is 0 Å². The number of esters is 1. The number of ether oxygens (including phenoxy) is 1. The average molecular weight is 419 g/mol. The second-order valence-electron chi connectivity index (χ2n) is 7.66. The lowest BCUT2D eigenvalue weighted by Gasteiger charge is -2.20. The molecule has 0 saturated carbocycles. The number of sulfonamides is 1. The van der Waals surface area contributed by atoms with Gasteiger partial charge in [0.15, 0.2) is 6.61 Å². The summed E-state index contributed by atoms with van der Waals surface area (Å²) in [6.45, 7) is 6.52. The average Bonchev–Trinajstić information content (AvgIpc) is 2.65. The maximum absolute atomic E-state index is 12.4. The standard InChI is InChI=1S/C21H26N2O5S/c1-15(16-9-6-5-7-10-16)22-19(24)14-28-20(25)17-11-8-12-18(13-17)29(26,27)23-21(2,3)4/h5-13,15,23H,14H2,1-4H3,(H,22,24)/t15-/m0/s1. The van der Waals surface area contributed by atoms with Crippen LogP contribution >= 0.6 is 0 Å². The molecule has 2 aromatic carbocycles. The van der Waals surface area contributed by atoms with E-state index in [9.17, 15) is 18.0 Å². The van der Waals surface area contributed by atoms with E-state index < -0.39 is 34.0 Å². The number of rotatable bonds is 7. The lowest BCUT2D eigenvalue weighted by molar-refractivity contribution is -0.124. The van der Waals surface area contributed by atoms with E-state index in [-0.39, 0.29) is 16.5 Å². The molecule has 0 aromatic heterocycles. The van der Waals surface area contributed by atoms with Crippen molar-refractivity contribution in [3.05, 3.63) is 65.7 Å². The van der Waals surface area contributed by atoms with Crippen molar-refractivity contribution < 1.29 is 22.7 Å². The van der Waals surface area contributed by atoms with Crippen LogP contribution in [0, 0.1) is 0 Å². The summed E-state index contributed by atoms with van der Waals surface area (Å²) >= 11 is 0. The van der Waals surface area contributed by atoms with Crippen LogP contribution in [0.15, 0.2) is 59.5 Å². The van der Waals surface area contributed by atoms with Crippen molar-refractivity contribution in [1.82, 2.24) is 10.0 Å². The molecule has 1 amide bonds. The Balaban J connectivity index is 1.98. The minimum absolute atomic E-state index is 0.0469. The summed E-state index contributed by atoms with van der Waals surface area (Å²) in [6.07, 6.45) is 0. The van der Waals surface area contributed by atoms with Crippen LogP contribution in [0.5, 0.6) is 0 Å². The normalized spacial score (nSPS) is 12.8. The number of hydrogen-bond acceptors (Lipinski definition) is 5. The maximum atomic E-state index is 12.4. The van der Waals surface area contributed by atoms with E-state index in [1.165, 1.54) is 24.3 Å². The highest BCUT2D eigenvalue weighted by molar-refractivity contribution is 7.89. The Morgan fingerprint density at radius 1 is 1.03 bits per heavy atom. The Morgan fingerprint density at radius 2 is 1.69 bits per heavy atom. The van der Waals surface area contributed by atoms with Gasteiger partial charge in [-0.15, -0.1) is 0 Å². The van der Waals surface area contributed by atoms with E-state index in [1.54, 1.807) is 20.8 Å². The third-order valence-electron chi connectivity index (χ3n) is 3.83. The second kappa shape index (κ2) is 9.19. The van der Waals surface area contributed by atoms with Gasteiger partial charge in [-0.25, -0.2) is 17.9 Å². The third-order valence-corrected chi connectivity index (χ3v) is 5.59. The van der Waals surface area contributed by atoms with Crippen molar-refractivity contribution in [3.8, 4) is 0 Å². The highest BCUT2D eigenvalue weighted by Crippen LogP contribution is 2.15. The molecule has 0 aliphatic heterocycles. The van der Waals surface area contributed by atoms with Crippen LogP contribution < -0.4 is 10.0 Å². The number of benzene rings is 2. The van der Waals surface area contributed by atoms with E-state index in [2.05, 4.69) is 10.0 Å². The second-order valence-corrected chi connectivity index (χ2v) is 9.34. The molecule has 0 fully saturated rings. The number of carbonyl (C=O) groups is 2. The van der Waals surface area contributed by atoms with E-state index in [4.69, 9.17) is 4.74 Å². The molecular weight excluding hydrogens is 392 g/mol. The molecule has 156 valence electrons. The first-order valence-electron chi connectivity index (χ1n) is 9.13. The van der Waals surface area contributed by atoms with Gasteiger partial charge in [-0.1, -0.05) is 36.4 Å². The summed E-state index contributed by atoms with van der Waals surface area (Å²) in [7, 11) is -3.79. The summed E-state index contributed by atoms with van der Waals surface area (Å²) in [5.41, 5.74) is 0.310. The number of hydrogen-bond donors (Lipinski definition) is 2. The molecule has 1 atom stereocenters. The molecule has 2 N–H and O–H groups in total. The summed E-state index contributed by atoms with van der Waals surface area (Å²) in [5, 5.41) is 2.74. The van der Waals surface area contributed by atoms with Crippen molar-refractivity contribution in [2.75, 3.05) is 6.61 Å². The van der Waals surface area contributed by atoms with Gasteiger partial charge in [0.25, 0.3) is 5.91 Å². The van der Waals surface area contributed by atoms with Gasteiger partial charge in [0.2, 0.25) is 10.0 Å². The molecule has 2 rings (SSSR count). The predicted octanol–water partition coefficient (Wildman–Crippen LogP) is 2.80. The lowest BCUT2D eigenvalue weighted by Crippen LogP contribution is -2.40. The highest BCUT2D eigenvalue weighted by atomic mass is 32.2. The van der Waals surface area contributed by atoms with Crippen molar-refractivity contribution in [1.29, 1.82) is 0 Å². The quantitative estimate of drug-likeness (QED) is 0.673. The van der Waals surface area contributed by atoms with Crippen molar-refractivity contribution in [2.45, 2.75) is 44.2 Å². The number of nitrogens with one attached hydrogen (secondary N) is 2. The van der Waals surface area contributed by atoms with E-state index in [0.717, 1.165) is 5.56 Å². The largest absolute Gasteiger partial charge is 0.452 e. The smallest absolute Gasteiger partial charge is 0.338 e. The molecular formula is C21H26N2O5S. The molecule has 0 bridgehead atoms. The van der Waals surface area contributed by atoms with Gasteiger partial charge < -0.3 is 10.1 Å². The highest BCUT2D eigenvalue weighted by Gasteiger charge is 2.23. The zero-order valence-electron chi connectivity index (χ0n) is 16.9. The van der Waals surface area contributed by atoms with Crippen LogP contribution in [0.25, 0.3) is 0 Å². The molecule has 0 aliphatic rings. The Labute approximate surface area is 171 Å². The summed E-state index contributed by atoms with van der Waals surface area (Å²) < 4.78 is 32.4. The van der Waals surface area contributed by atoms with Crippen LogP contribution in [0.2, 0.25) is 0 Å². The summed E-state index contributed by atoms with van der Waals surface area (Å²) in [5.74, 6) is -1.23. The minimum Gasteiger partial charge on any atom is -0.452 e. The molecule has 0 spiro atoms. The van der Waals surface area contributed by atoms with Crippen LogP contribution in [0.3, 0.4) is 0 Å². The predicted molar refractivity (Wildman–Crippen MR) is 110 cm³/mol. The molecule has 7 nitrogen and oxygen atoms in total. The maximum Gasteiger partial charge on any atom is 0.338 e. The number of carbonyl (C=O) groups excluding carboxylic acids is 2. The molecule has 8 heteroatoms. The van der Waals surface area contributed by atoms with Crippen molar-refractivity contribution in [2.24, 2.45) is 0 Å². The molecule has 2 aromatic rings. The van der Waals surface area contributed by atoms with Crippen LogP contribution in [0.4, 0.5) is 0 Å². The first-order valence-corrected chi connectivity index (χ1v) is 10.6. The van der Waals surface area contributed by atoms with Crippen LogP contribution in [0.1, 0.15) is 49.7 Å². The van der Waals surface area contributed by atoms with Gasteiger partial charge in [0, 0.05) is 5.54 Å². The Hall–Kier alpha value is -2.71. The lowest BCUT2D eigenvalue weighted by atomic mass is 10.1. The topological polar surface area (TPSA) is 102 Å². The zero-order chi connectivity index (χ0) is 21.7. The van der Waals surface area contributed by atoms with Crippen molar-refractivity contribution >= 4 is 21.9 Å². The van der Waals surface area contributed by atoms with Crippen LogP contribution in [-0.4, -0.2) is 32.4 Å². The fraction of sp³-hybridized carbons (Fsp3) is 0.333. The zero-order valence-corrected chi connectivity index (χ0v) is 17.7. The van der Waals surface area contributed by atoms with Crippen LogP contribution in [-0.2, 0) is 19.6 Å². The Bertz CT molecular complexity index is 966.